The first kappa shape index (κ1) is 19.6. The molecule has 8 heteroatoms. The van der Waals surface area contributed by atoms with E-state index in [0.29, 0.717) is 11.4 Å². The molecule has 0 spiro atoms. The van der Waals surface area contributed by atoms with Crippen LogP contribution in [0.15, 0.2) is 47.6 Å². The van der Waals surface area contributed by atoms with Crippen LogP contribution in [0.4, 0.5) is 11.4 Å². The zero-order valence-corrected chi connectivity index (χ0v) is 16.2. The lowest BCUT2D eigenvalue weighted by atomic mass is 10.1. The highest BCUT2D eigenvalue weighted by molar-refractivity contribution is 6.44. The zero-order chi connectivity index (χ0) is 20.3. The highest BCUT2D eigenvalue weighted by atomic mass is 35.5. The fourth-order valence-corrected chi connectivity index (χ4v) is 3.00. The Labute approximate surface area is 167 Å². The largest absolute Gasteiger partial charge is 0.355 e. The molecule has 1 aliphatic heterocycles. The molecular formula is C20H19ClN4O3. The number of anilines is 2. The minimum absolute atomic E-state index is 0.171. The van der Waals surface area contributed by atoms with Gasteiger partial charge >= 0.3 is 0 Å². The van der Waals surface area contributed by atoms with Crippen molar-refractivity contribution in [1.82, 2.24) is 5.32 Å². The summed E-state index contributed by atoms with van der Waals surface area (Å²) in [6.45, 7) is 1.92. The number of hydrazone groups is 1. The third-order valence-electron chi connectivity index (χ3n) is 4.24. The Bertz CT molecular complexity index is 987. The smallest absolute Gasteiger partial charge is 0.271 e. The van der Waals surface area contributed by atoms with Gasteiger partial charge in [0.05, 0.1) is 16.3 Å². The monoisotopic (exact) mass is 398 g/mol. The quantitative estimate of drug-likeness (QED) is 0.828. The zero-order valence-electron chi connectivity index (χ0n) is 15.5. The highest BCUT2D eigenvalue weighted by Gasteiger charge is 2.26. The van der Waals surface area contributed by atoms with E-state index >= 15 is 0 Å². The van der Waals surface area contributed by atoms with Crippen LogP contribution in [0.3, 0.4) is 0 Å². The molecule has 2 N–H and O–H groups in total. The van der Waals surface area contributed by atoms with E-state index in [4.69, 9.17) is 11.6 Å². The Morgan fingerprint density at radius 2 is 1.89 bits per heavy atom. The van der Waals surface area contributed by atoms with E-state index in [1.165, 1.54) is 24.2 Å². The molecule has 0 fully saturated rings. The third-order valence-corrected chi connectivity index (χ3v) is 4.57. The lowest BCUT2D eigenvalue weighted by molar-refractivity contribution is -0.118. The topological polar surface area (TPSA) is 90.9 Å². The maximum atomic E-state index is 12.6. The van der Waals surface area contributed by atoms with Crippen LogP contribution in [0.1, 0.15) is 28.8 Å². The lowest BCUT2D eigenvalue weighted by Gasteiger charge is -2.23. The molecule has 3 amide bonds. The SMILES string of the molecule is CNC(=O)c1cc(NC(=O)C2=NN(c3cccc(C)c3)C(=O)CC2)ccc1Cl. The van der Waals surface area contributed by atoms with E-state index in [2.05, 4.69) is 15.7 Å². The number of hydrogen-bond acceptors (Lipinski definition) is 4. The molecular weight excluding hydrogens is 380 g/mol. The number of benzene rings is 2. The fraction of sp³-hybridized carbons (Fsp3) is 0.200. The number of nitrogens with zero attached hydrogens (tertiary/aromatic N) is 2. The molecule has 144 valence electrons. The molecule has 0 bridgehead atoms. The summed E-state index contributed by atoms with van der Waals surface area (Å²) < 4.78 is 0. The van der Waals surface area contributed by atoms with Crippen molar-refractivity contribution in [1.29, 1.82) is 0 Å². The molecule has 3 rings (SSSR count). The van der Waals surface area contributed by atoms with Crippen LogP contribution in [0.5, 0.6) is 0 Å². The summed E-state index contributed by atoms with van der Waals surface area (Å²) in [6.07, 6.45) is 0.424. The molecule has 0 saturated heterocycles. The predicted molar refractivity (Wildman–Crippen MR) is 109 cm³/mol. The van der Waals surface area contributed by atoms with Gasteiger partial charge in [-0.05, 0) is 42.8 Å². The fourth-order valence-electron chi connectivity index (χ4n) is 2.79. The van der Waals surface area contributed by atoms with E-state index in [9.17, 15) is 14.4 Å². The number of nitrogens with one attached hydrogen (secondary N) is 2. The van der Waals surface area contributed by atoms with Crippen molar-refractivity contribution in [2.45, 2.75) is 19.8 Å². The molecule has 2 aromatic rings. The van der Waals surface area contributed by atoms with Crippen LogP contribution in [0, 0.1) is 6.92 Å². The average Bonchev–Trinajstić information content (AvgIpc) is 2.69. The van der Waals surface area contributed by atoms with E-state index in [1.54, 1.807) is 12.1 Å². The van der Waals surface area contributed by atoms with Crippen molar-refractivity contribution in [2.75, 3.05) is 17.4 Å². The predicted octanol–water partition coefficient (Wildman–Crippen LogP) is 3.13. The Hall–Kier alpha value is -3.19. The number of rotatable bonds is 4. The summed E-state index contributed by atoms with van der Waals surface area (Å²) in [7, 11) is 1.50. The Morgan fingerprint density at radius 3 is 2.61 bits per heavy atom. The van der Waals surface area contributed by atoms with Crippen molar-refractivity contribution in [3.63, 3.8) is 0 Å². The van der Waals surface area contributed by atoms with Gasteiger partial charge in [0.15, 0.2) is 0 Å². The van der Waals surface area contributed by atoms with Crippen molar-refractivity contribution < 1.29 is 14.4 Å². The van der Waals surface area contributed by atoms with E-state index in [1.807, 2.05) is 25.1 Å². The summed E-state index contributed by atoms with van der Waals surface area (Å²) >= 11 is 6.03. The second-order valence-electron chi connectivity index (χ2n) is 6.32. The summed E-state index contributed by atoms with van der Waals surface area (Å²) in [5.74, 6) is -0.960. The summed E-state index contributed by atoms with van der Waals surface area (Å²) in [5, 5.41) is 11.0. The van der Waals surface area contributed by atoms with Crippen LogP contribution < -0.4 is 15.6 Å². The Balaban J connectivity index is 1.83. The Morgan fingerprint density at radius 1 is 1.11 bits per heavy atom. The second kappa shape index (κ2) is 8.22. The van der Waals surface area contributed by atoms with Gasteiger partial charge in [-0.3, -0.25) is 14.4 Å². The van der Waals surface area contributed by atoms with Gasteiger partial charge in [0, 0.05) is 25.6 Å². The van der Waals surface area contributed by atoms with Gasteiger partial charge in [0.1, 0.15) is 5.71 Å². The second-order valence-corrected chi connectivity index (χ2v) is 6.73. The van der Waals surface area contributed by atoms with Crippen LogP contribution >= 0.6 is 11.6 Å². The minimum Gasteiger partial charge on any atom is -0.355 e. The van der Waals surface area contributed by atoms with Crippen LogP contribution in [-0.4, -0.2) is 30.5 Å². The van der Waals surface area contributed by atoms with Crippen molar-refractivity contribution in [2.24, 2.45) is 5.10 Å². The average molecular weight is 399 g/mol. The number of hydrogen-bond donors (Lipinski definition) is 2. The van der Waals surface area contributed by atoms with E-state index in [0.717, 1.165) is 5.56 Å². The lowest BCUT2D eigenvalue weighted by Crippen LogP contribution is -2.36. The van der Waals surface area contributed by atoms with Gasteiger partial charge in [-0.25, -0.2) is 5.01 Å². The Kier molecular flexibility index (Phi) is 5.75. The van der Waals surface area contributed by atoms with Gasteiger partial charge in [0.25, 0.3) is 11.8 Å². The first-order valence-electron chi connectivity index (χ1n) is 8.69. The van der Waals surface area contributed by atoms with Gasteiger partial charge in [-0.1, -0.05) is 23.7 Å². The molecule has 0 atom stereocenters. The number of carbonyl (C=O) groups is 3. The summed E-state index contributed by atoms with van der Waals surface area (Å²) in [5.41, 5.74) is 2.50. The van der Waals surface area contributed by atoms with Crippen molar-refractivity contribution >= 4 is 46.4 Å². The number of aryl methyl sites for hydroxylation is 1. The molecule has 2 aromatic carbocycles. The molecule has 28 heavy (non-hydrogen) atoms. The molecule has 1 aliphatic rings. The first-order valence-corrected chi connectivity index (χ1v) is 9.07. The highest BCUT2D eigenvalue weighted by Crippen LogP contribution is 2.23. The number of carbonyl (C=O) groups excluding carboxylic acids is 3. The van der Waals surface area contributed by atoms with Gasteiger partial charge < -0.3 is 10.6 Å². The minimum atomic E-state index is -0.435. The summed E-state index contributed by atoms with van der Waals surface area (Å²) in [4.78, 5) is 36.8. The van der Waals surface area contributed by atoms with Crippen molar-refractivity contribution in [3.8, 4) is 0 Å². The van der Waals surface area contributed by atoms with Gasteiger partial charge in [-0.15, -0.1) is 0 Å². The van der Waals surface area contributed by atoms with Crippen LogP contribution in [0.2, 0.25) is 5.02 Å². The molecule has 0 radical (unpaired) electrons. The van der Waals surface area contributed by atoms with Gasteiger partial charge in [-0.2, -0.15) is 5.10 Å². The maximum Gasteiger partial charge on any atom is 0.271 e. The van der Waals surface area contributed by atoms with Crippen LogP contribution in [-0.2, 0) is 9.59 Å². The molecule has 0 aromatic heterocycles. The molecule has 0 aliphatic carbocycles. The molecule has 7 nitrogen and oxygen atoms in total. The number of halogens is 1. The third kappa shape index (κ3) is 4.20. The van der Waals surface area contributed by atoms with E-state index < -0.39 is 5.91 Å². The normalized spacial score (nSPS) is 13.8. The maximum absolute atomic E-state index is 12.6. The van der Waals surface area contributed by atoms with Crippen LogP contribution in [0.25, 0.3) is 0 Å². The van der Waals surface area contributed by atoms with Crippen molar-refractivity contribution in [3.05, 3.63) is 58.6 Å². The first-order chi connectivity index (χ1) is 13.4. The molecule has 0 unspecified atom stereocenters. The number of amides is 3. The standard InChI is InChI=1S/C20H19ClN4O3/c1-12-4-3-5-14(10-12)25-18(26)9-8-17(24-25)20(28)23-13-6-7-16(21)15(11-13)19(27)22-2/h3-7,10-11H,8-9H2,1-2H3,(H,22,27)(H,23,28). The summed E-state index contributed by atoms with van der Waals surface area (Å²) in [6, 6.07) is 12.0. The van der Waals surface area contributed by atoms with Gasteiger partial charge in [0.2, 0.25) is 5.91 Å². The molecule has 1 heterocycles. The molecule has 0 saturated carbocycles. The van der Waals surface area contributed by atoms with E-state index in [-0.39, 0.29) is 41.0 Å².